The minimum atomic E-state index is -0.986. The number of nitrogen functional groups attached to an aromatic ring is 1. The van der Waals surface area contributed by atoms with Gasteiger partial charge in [-0.15, -0.1) is 0 Å². The Kier molecular flexibility index (Phi) is 3.36. The van der Waals surface area contributed by atoms with Crippen molar-refractivity contribution in [1.29, 1.82) is 0 Å². The fourth-order valence-corrected chi connectivity index (χ4v) is 3.25. The highest BCUT2D eigenvalue weighted by molar-refractivity contribution is 5.84. The highest BCUT2D eigenvalue weighted by atomic mass is 16.3. The van der Waals surface area contributed by atoms with E-state index in [2.05, 4.69) is 20.3 Å². The molecule has 2 aliphatic rings. The monoisotopic (exact) mass is 320 g/mol. The van der Waals surface area contributed by atoms with Crippen LogP contribution in [0.15, 0.2) is 6.33 Å². The number of hydrogen-bond acceptors (Lipinski definition) is 8. The number of aliphatic hydroxyl groups is 3. The maximum atomic E-state index is 10.3. The molecule has 2 aromatic heterocycles. The number of fused-ring (bicyclic) bond motifs is 1. The number of nitrogens with zero attached hydrogens (tertiary/aromatic N) is 4. The first-order chi connectivity index (χ1) is 11.1. The van der Waals surface area contributed by atoms with Gasteiger partial charge in [0.2, 0.25) is 5.95 Å². The highest BCUT2D eigenvalue weighted by Crippen LogP contribution is 2.37. The predicted molar refractivity (Wildman–Crippen MR) is 82.6 cm³/mol. The zero-order valence-electron chi connectivity index (χ0n) is 12.5. The lowest BCUT2D eigenvalue weighted by Crippen LogP contribution is -2.30. The van der Waals surface area contributed by atoms with Crippen molar-refractivity contribution in [3.05, 3.63) is 6.33 Å². The van der Waals surface area contributed by atoms with Crippen LogP contribution in [0, 0.1) is 5.92 Å². The van der Waals surface area contributed by atoms with Gasteiger partial charge in [0.15, 0.2) is 17.0 Å². The Morgan fingerprint density at radius 2 is 2.04 bits per heavy atom. The minimum absolute atomic E-state index is 0.133. The molecule has 0 aromatic carbocycles. The molecule has 2 aromatic rings. The summed E-state index contributed by atoms with van der Waals surface area (Å²) >= 11 is 0. The Morgan fingerprint density at radius 1 is 1.26 bits per heavy atom. The Labute approximate surface area is 132 Å². The second kappa shape index (κ2) is 5.29. The lowest BCUT2D eigenvalue weighted by Gasteiger charge is -2.18. The number of aromatic nitrogens is 4. The molecule has 2 saturated carbocycles. The molecule has 0 radical (unpaired) electrons. The van der Waals surface area contributed by atoms with Crippen LogP contribution in [0.1, 0.15) is 25.3 Å². The summed E-state index contributed by atoms with van der Waals surface area (Å²) in [6.45, 7) is -0.174. The first-order valence-electron chi connectivity index (χ1n) is 7.82. The minimum Gasteiger partial charge on any atom is -0.396 e. The van der Waals surface area contributed by atoms with Crippen molar-refractivity contribution < 1.29 is 15.3 Å². The summed E-state index contributed by atoms with van der Waals surface area (Å²) in [5.74, 6) is 0.366. The van der Waals surface area contributed by atoms with Crippen LogP contribution in [-0.2, 0) is 0 Å². The van der Waals surface area contributed by atoms with Gasteiger partial charge in [-0.05, 0) is 19.3 Å². The summed E-state index contributed by atoms with van der Waals surface area (Å²) in [6.07, 6.45) is 2.26. The molecule has 0 spiro atoms. The summed E-state index contributed by atoms with van der Waals surface area (Å²) in [5.41, 5.74) is 6.93. The van der Waals surface area contributed by atoms with E-state index in [4.69, 9.17) is 5.73 Å². The molecule has 124 valence electrons. The molecule has 4 rings (SSSR count). The topological polar surface area (TPSA) is 142 Å². The number of hydrogen-bond donors (Lipinski definition) is 5. The number of aliphatic hydroxyl groups excluding tert-OH is 3. The van der Waals surface area contributed by atoms with Gasteiger partial charge in [0.05, 0.1) is 18.5 Å². The second-order valence-corrected chi connectivity index (χ2v) is 6.40. The molecule has 2 fully saturated rings. The van der Waals surface area contributed by atoms with Crippen molar-refractivity contribution in [2.45, 2.75) is 43.6 Å². The number of nitrogens with one attached hydrogen (secondary N) is 1. The third kappa shape index (κ3) is 2.41. The van der Waals surface area contributed by atoms with Gasteiger partial charge in [0.25, 0.3) is 0 Å². The largest absolute Gasteiger partial charge is 0.396 e. The quantitative estimate of drug-likeness (QED) is 0.495. The molecule has 23 heavy (non-hydrogen) atoms. The van der Waals surface area contributed by atoms with Crippen molar-refractivity contribution in [2.24, 2.45) is 5.92 Å². The molecule has 2 aliphatic carbocycles. The standard InChI is InChI=1S/C14H20N6O3/c15-14-18-12(17-7-1-2-7)9-13(19-14)20(5-16-9)8-3-6(4-21)10(22)11(8)23/h5-8,10-11,21-23H,1-4H2,(H3,15,17,18,19)/t6-,8-,10+,11-/m1/s1. The maximum Gasteiger partial charge on any atom is 0.224 e. The number of anilines is 2. The third-order valence-corrected chi connectivity index (χ3v) is 4.72. The lowest BCUT2D eigenvalue weighted by molar-refractivity contribution is -0.00370. The Morgan fingerprint density at radius 3 is 2.70 bits per heavy atom. The van der Waals surface area contributed by atoms with E-state index in [1.54, 1.807) is 10.9 Å². The molecule has 2 heterocycles. The molecule has 0 unspecified atom stereocenters. The Hall–Kier alpha value is -1.97. The molecule has 0 amide bonds. The van der Waals surface area contributed by atoms with Crippen molar-refractivity contribution in [3.63, 3.8) is 0 Å². The van der Waals surface area contributed by atoms with Gasteiger partial charge >= 0.3 is 0 Å². The first-order valence-corrected chi connectivity index (χ1v) is 7.82. The van der Waals surface area contributed by atoms with E-state index >= 15 is 0 Å². The third-order valence-electron chi connectivity index (χ3n) is 4.72. The van der Waals surface area contributed by atoms with Crippen LogP contribution in [0.3, 0.4) is 0 Å². The van der Waals surface area contributed by atoms with Crippen LogP contribution in [0.25, 0.3) is 11.2 Å². The van der Waals surface area contributed by atoms with Crippen LogP contribution in [-0.4, -0.2) is 59.7 Å². The summed E-state index contributed by atoms with van der Waals surface area (Å²) in [5, 5.41) is 32.9. The van der Waals surface area contributed by atoms with Crippen molar-refractivity contribution in [2.75, 3.05) is 17.7 Å². The Balaban J connectivity index is 1.74. The zero-order chi connectivity index (χ0) is 16.1. The van der Waals surface area contributed by atoms with E-state index in [9.17, 15) is 15.3 Å². The van der Waals surface area contributed by atoms with Gasteiger partial charge < -0.3 is 30.9 Å². The van der Waals surface area contributed by atoms with Gasteiger partial charge in [-0.1, -0.05) is 0 Å². The van der Waals surface area contributed by atoms with E-state index in [0.717, 1.165) is 12.8 Å². The first kappa shape index (κ1) is 14.6. The normalized spacial score (nSPS) is 30.9. The van der Waals surface area contributed by atoms with Gasteiger partial charge in [0.1, 0.15) is 6.10 Å². The average Bonchev–Trinajstić information content (AvgIpc) is 3.17. The zero-order valence-corrected chi connectivity index (χ0v) is 12.5. The van der Waals surface area contributed by atoms with Crippen LogP contribution < -0.4 is 11.1 Å². The van der Waals surface area contributed by atoms with E-state index in [1.807, 2.05) is 0 Å². The van der Waals surface area contributed by atoms with Gasteiger partial charge in [-0.2, -0.15) is 9.97 Å². The van der Waals surface area contributed by atoms with Crippen LogP contribution in [0.5, 0.6) is 0 Å². The average molecular weight is 320 g/mol. The lowest BCUT2D eigenvalue weighted by atomic mass is 10.1. The SMILES string of the molecule is Nc1nc(NC2CC2)c2ncn([C@@H]3C[C@H](CO)[C@H](O)[C@@H]3O)c2n1. The molecule has 4 atom stereocenters. The van der Waals surface area contributed by atoms with E-state index in [-0.39, 0.29) is 18.5 Å². The second-order valence-electron chi connectivity index (χ2n) is 6.40. The molecular weight excluding hydrogens is 300 g/mol. The molecular formula is C14H20N6O3. The molecule has 9 nitrogen and oxygen atoms in total. The highest BCUT2D eigenvalue weighted by Gasteiger charge is 2.42. The maximum absolute atomic E-state index is 10.3. The van der Waals surface area contributed by atoms with Gasteiger partial charge in [-0.25, -0.2) is 4.98 Å². The van der Waals surface area contributed by atoms with Crippen molar-refractivity contribution in [3.8, 4) is 0 Å². The van der Waals surface area contributed by atoms with Crippen LogP contribution >= 0.6 is 0 Å². The van der Waals surface area contributed by atoms with Crippen LogP contribution in [0.4, 0.5) is 11.8 Å². The fraction of sp³-hybridized carbons (Fsp3) is 0.643. The summed E-state index contributed by atoms with van der Waals surface area (Å²) < 4.78 is 1.72. The summed E-state index contributed by atoms with van der Waals surface area (Å²) in [7, 11) is 0. The van der Waals surface area contributed by atoms with Crippen molar-refractivity contribution in [1.82, 2.24) is 19.5 Å². The van der Waals surface area contributed by atoms with E-state index in [0.29, 0.717) is 29.4 Å². The molecule has 0 saturated heterocycles. The molecule has 0 aliphatic heterocycles. The van der Waals surface area contributed by atoms with Crippen molar-refractivity contribution >= 4 is 22.9 Å². The predicted octanol–water partition coefficient (Wildman–Crippen LogP) is -0.742. The van der Waals surface area contributed by atoms with Gasteiger partial charge in [-0.3, -0.25) is 0 Å². The smallest absolute Gasteiger partial charge is 0.224 e. The van der Waals surface area contributed by atoms with Gasteiger partial charge in [0, 0.05) is 18.6 Å². The number of imidazole rings is 1. The molecule has 0 bridgehead atoms. The number of nitrogens with two attached hydrogens (primary N) is 1. The molecule has 6 N–H and O–H groups in total. The van der Waals surface area contributed by atoms with E-state index in [1.165, 1.54) is 0 Å². The number of rotatable bonds is 4. The summed E-state index contributed by atoms with van der Waals surface area (Å²) in [6, 6.07) is -0.00876. The Bertz CT molecular complexity index is 731. The molecule has 9 heteroatoms. The fourth-order valence-electron chi connectivity index (χ4n) is 3.25. The van der Waals surface area contributed by atoms with E-state index < -0.39 is 18.2 Å². The van der Waals surface area contributed by atoms with Crippen LogP contribution in [0.2, 0.25) is 0 Å². The summed E-state index contributed by atoms with van der Waals surface area (Å²) in [4.78, 5) is 12.8.